The van der Waals surface area contributed by atoms with Crippen molar-refractivity contribution >= 4 is 15.9 Å². The van der Waals surface area contributed by atoms with Crippen molar-refractivity contribution in [1.82, 2.24) is 5.32 Å². The van der Waals surface area contributed by atoms with Crippen molar-refractivity contribution in [1.29, 1.82) is 0 Å². The lowest BCUT2D eigenvalue weighted by atomic mass is 10.0. The van der Waals surface area contributed by atoms with Gasteiger partial charge in [0.05, 0.1) is 0 Å². The van der Waals surface area contributed by atoms with Crippen LogP contribution in [0.25, 0.3) is 0 Å². The van der Waals surface area contributed by atoms with Gasteiger partial charge in [0.25, 0.3) is 0 Å². The van der Waals surface area contributed by atoms with Gasteiger partial charge in [0.2, 0.25) is 0 Å². The molecule has 0 saturated carbocycles. The summed E-state index contributed by atoms with van der Waals surface area (Å²) in [5, 5.41) is 3.40. The average Bonchev–Trinajstić information content (AvgIpc) is 2.41. The number of halogens is 3. The van der Waals surface area contributed by atoms with Crippen LogP contribution in [0, 0.1) is 18.6 Å². The summed E-state index contributed by atoms with van der Waals surface area (Å²) in [6.45, 7) is 4.73. The van der Waals surface area contributed by atoms with Gasteiger partial charge in [-0.05, 0) is 67.8 Å². The number of hydrogen-bond acceptors (Lipinski definition) is 1. The maximum atomic E-state index is 13.1. The minimum absolute atomic E-state index is 0.112. The summed E-state index contributed by atoms with van der Waals surface area (Å²) < 4.78 is 26.9. The molecule has 0 radical (unpaired) electrons. The average molecular weight is 354 g/mol. The molecule has 0 heterocycles. The molecular formula is C17H18BrF2N. The first-order chi connectivity index (χ1) is 9.97. The first-order valence-corrected chi connectivity index (χ1v) is 7.70. The molecule has 0 amide bonds. The number of aryl methyl sites for hydroxylation is 1. The van der Waals surface area contributed by atoms with Gasteiger partial charge in [-0.1, -0.05) is 28.1 Å². The van der Waals surface area contributed by atoms with E-state index in [2.05, 4.69) is 21.2 Å². The van der Waals surface area contributed by atoms with Crippen molar-refractivity contribution in [3.05, 3.63) is 69.2 Å². The van der Waals surface area contributed by atoms with E-state index in [-0.39, 0.29) is 17.7 Å². The second kappa shape index (κ2) is 7.14. The number of hydrogen-bond donors (Lipinski definition) is 1. The fourth-order valence-corrected chi connectivity index (χ4v) is 3.02. The second-order valence-corrected chi connectivity index (χ2v) is 6.02. The Labute approximate surface area is 132 Å². The van der Waals surface area contributed by atoms with E-state index in [1.807, 2.05) is 19.9 Å². The van der Waals surface area contributed by atoms with Gasteiger partial charge in [-0.15, -0.1) is 0 Å². The van der Waals surface area contributed by atoms with Crippen LogP contribution in [0.3, 0.4) is 0 Å². The monoisotopic (exact) mass is 353 g/mol. The molecule has 0 fully saturated rings. The Kier molecular flexibility index (Phi) is 5.48. The fraction of sp³-hybridized carbons (Fsp3) is 0.294. The lowest BCUT2D eigenvalue weighted by Gasteiger charge is -2.16. The molecule has 2 rings (SSSR count). The molecule has 0 aromatic heterocycles. The molecule has 2 aromatic rings. The lowest BCUT2D eigenvalue weighted by Crippen LogP contribution is -2.22. The Bertz CT molecular complexity index is 628. The zero-order valence-corrected chi connectivity index (χ0v) is 13.7. The summed E-state index contributed by atoms with van der Waals surface area (Å²) in [5.41, 5.74) is 3.12. The number of rotatable bonds is 5. The molecule has 1 nitrogen and oxygen atoms in total. The molecule has 0 spiro atoms. The molecular weight excluding hydrogens is 336 g/mol. The zero-order chi connectivity index (χ0) is 15.4. The van der Waals surface area contributed by atoms with Crippen LogP contribution in [0.15, 0.2) is 40.9 Å². The summed E-state index contributed by atoms with van der Waals surface area (Å²) in [4.78, 5) is 0. The van der Waals surface area contributed by atoms with Crippen LogP contribution < -0.4 is 5.32 Å². The molecule has 4 heteroatoms. The normalized spacial score (nSPS) is 12.4. The lowest BCUT2D eigenvalue weighted by molar-refractivity contribution is 0.569. The largest absolute Gasteiger partial charge is 0.310 e. The van der Waals surface area contributed by atoms with Gasteiger partial charge in [0.1, 0.15) is 11.6 Å². The number of benzene rings is 2. The first-order valence-electron chi connectivity index (χ1n) is 6.90. The van der Waals surface area contributed by atoms with Crippen molar-refractivity contribution in [2.24, 2.45) is 0 Å². The predicted molar refractivity (Wildman–Crippen MR) is 85.4 cm³/mol. The maximum absolute atomic E-state index is 13.1. The molecule has 0 aliphatic heterocycles. The topological polar surface area (TPSA) is 12.0 Å². The molecule has 0 aliphatic rings. The summed E-state index contributed by atoms with van der Waals surface area (Å²) in [6.07, 6.45) is 0.829. The van der Waals surface area contributed by atoms with Crippen LogP contribution in [0.5, 0.6) is 0 Å². The molecule has 112 valence electrons. The molecule has 0 bridgehead atoms. The van der Waals surface area contributed by atoms with E-state index in [0.717, 1.165) is 34.1 Å². The van der Waals surface area contributed by atoms with Crippen molar-refractivity contribution in [3.8, 4) is 0 Å². The summed E-state index contributed by atoms with van der Waals surface area (Å²) in [6, 6.07) is 9.68. The highest BCUT2D eigenvalue weighted by Crippen LogP contribution is 2.24. The van der Waals surface area contributed by atoms with Gasteiger partial charge in [0.15, 0.2) is 0 Å². The quantitative estimate of drug-likeness (QED) is 0.803. The number of nitrogens with one attached hydrogen (secondary N) is 1. The van der Waals surface area contributed by atoms with Crippen LogP contribution >= 0.6 is 15.9 Å². The van der Waals surface area contributed by atoms with Crippen LogP contribution in [0.2, 0.25) is 0 Å². The van der Waals surface area contributed by atoms with Crippen LogP contribution in [-0.4, -0.2) is 6.54 Å². The van der Waals surface area contributed by atoms with E-state index in [9.17, 15) is 8.78 Å². The van der Waals surface area contributed by atoms with E-state index in [1.165, 1.54) is 18.2 Å². The summed E-state index contributed by atoms with van der Waals surface area (Å²) in [7, 11) is 0. The van der Waals surface area contributed by atoms with Crippen molar-refractivity contribution in [2.75, 3.05) is 6.54 Å². The molecule has 0 aliphatic carbocycles. The van der Waals surface area contributed by atoms with E-state index in [1.54, 1.807) is 12.1 Å². The molecule has 1 N–H and O–H groups in total. The third kappa shape index (κ3) is 4.35. The van der Waals surface area contributed by atoms with E-state index in [0.29, 0.717) is 0 Å². The zero-order valence-electron chi connectivity index (χ0n) is 12.1. The van der Waals surface area contributed by atoms with Gasteiger partial charge >= 0.3 is 0 Å². The van der Waals surface area contributed by atoms with Gasteiger partial charge in [0, 0.05) is 10.5 Å². The SMILES string of the molecule is Cc1cc(F)ccc1CCNC(C)c1ccc(F)cc1Br. The van der Waals surface area contributed by atoms with Gasteiger partial charge in [-0.2, -0.15) is 0 Å². The van der Waals surface area contributed by atoms with Gasteiger partial charge in [-0.25, -0.2) is 8.78 Å². The van der Waals surface area contributed by atoms with Gasteiger partial charge in [-0.3, -0.25) is 0 Å². The standard InChI is InChI=1S/C17H18BrF2N/c1-11-9-14(19)4-3-13(11)7-8-21-12(2)16-6-5-15(20)10-17(16)18/h3-6,9-10,12,21H,7-8H2,1-2H3. The van der Waals surface area contributed by atoms with Crippen LogP contribution in [-0.2, 0) is 6.42 Å². The second-order valence-electron chi connectivity index (χ2n) is 5.16. The Morgan fingerprint density at radius 3 is 2.43 bits per heavy atom. The fourth-order valence-electron chi connectivity index (χ4n) is 2.33. The van der Waals surface area contributed by atoms with Crippen molar-refractivity contribution in [2.45, 2.75) is 26.3 Å². The van der Waals surface area contributed by atoms with E-state index >= 15 is 0 Å². The highest BCUT2D eigenvalue weighted by Gasteiger charge is 2.09. The van der Waals surface area contributed by atoms with E-state index < -0.39 is 0 Å². The third-order valence-corrected chi connectivity index (χ3v) is 4.27. The molecule has 0 saturated heterocycles. The molecule has 21 heavy (non-hydrogen) atoms. The van der Waals surface area contributed by atoms with Crippen LogP contribution in [0.1, 0.15) is 29.7 Å². The Hall–Kier alpha value is -1.26. The Balaban J connectivity index is 1.93. The van der Waals surface area contributed by atoms with Crippen molar-refractivity contribution < 1.29 is 8.78 Å². The van der Waals surface area contributed by atoms with E-state index in [4.69, 9.17) is 0 Å². The third-order valence-electron chi connectivity index (χ3n) is 3.58. The van der Waals surface area contributed by atoms with Crippen molar-refractivity contribution in [3.63, 3.8) is 0 Å². The Morgan fingerprint density at radius 1 is 1.10 bits per heavy atom. The summed E-state index contributed by atoms with van der Waals surface area (Å²) >= 11 is 3.38. The smallest absolute Gasteiger partial charge is 0.124 e. The summed E-state index contributed by atoms with van der Waals surface area (Å²) in [5.74, 6) is -0.451. The first kappa shape index (κ1) is 16.1. The van der Waals surface area contributed by atoms with Gasteiger partial charge < -0.3 is 5.32 Å². The minimum Gasteiger partial charge on any atom is -0.310 e. The highest BCUT2D eigenvalue weighted by atomic mass is 79.9. The minimum atomic E-state index is -0.250. The molecule has 1 unspecified atom stereocenters. The molecule has 1 atom stereocenters. The molecule has 2 aromatic carbocycles. The predicted octanol–water partition coefficient (Wildman–Crippen LogP) is 4.93. The maximum Gasteiger partial charge on any atom is 0.124 e. The van der Waals surface area contributed by atoms with Crippen LogP contribution in [0.4, 0.5) is 8.78 Å². The Morgan fingerprint density at radius 2 is 1.76 bits per heavy atom. The highest BCUT2D eigenvalue weighted by molar-refractivity contribution is 9.10.